The Labute approximate surface area is 119 Å². The summed E-state index contributed by atoms with van der Waals surface area (Å²) in [6.45, 7) is 2.82. The SMILES string of the molecule is COCCC(=O)N1CC[C@H](N(C)Cc2ncccn2)C1. The van der Waals surface area contributed by atoms with Crippen molar-refractivity contribution in [3.8, 4) is 0 Å². The first kappa shape index (κ1) is 14.9. The Bertz CT molecular complexity index is 426. The molecular weight excluding hydrogens is 256 g/mol. The maximum Gasteiger partial charge on any atom is 0.224 e. The van der Waals surface area contributed by atoms with Gasteiger partial charge in [0, 0.05) is 38.6 Å². The van der Waals surface area contributed by atoms with Gasteiger partial charge in [0.15, 0.2) is 0 Å². The number of methoxy groups -OCH3 is 1. The van der Waals surface area contributed by atoms with Crippen LogP contribution < -0.4 is 0 Å². The Balaban J connectivity index is 1.81. The van der Waals surface area contributed by atoms with Gasteiger partial charge in [-0.2, -0.15) is 0 Å². The van der Waals surface area contributed by atoms with E-state index in [1.165, 1.54) is 0 Å². The van der Waals surface area contributed by atoms with Gasteiger partial charge < -0.3 is 9.64 Å². The van der Waals surface area contributed by atoms with E-state index in [2.05, 4.69) is 21.9 Å². The summed E-state index contributed by atoms with van der Waals surface area (Å²) in [5.41, 5.74) is 0. The number of carbonyl (C=O) groups is 1. The van der Waals surface area contributed by atoms with Gasteiger partial charge in [0.2, 0.25) is 5.91 Å². The molecule has 6 heteroatoms. The largest absolute Gasteiger partial charge is 0.384 e. The van der Waals surface area contributed by atoms with Gasteiger partial charge in [-0.25, -0.2) is 9.97 Å². The summed E-state index contributed by atoms with van der Waals surface area (Å²) < 4.78 is 4.95. The molecule has 1 amide bonds. The first-order valence-electron chi connectivity index (χ1n) is 6.93. The second kappa shape index (κ2) is 7.31. The van der Waals surface area contributed by atoms with Crippen LogP contribution in [-0.2, 0) is 16.1 Å². The van der Waals surface area contributed by atoms with E-state index in [0.29, 0.717) is 25.6 Å². The molecule has 2 rings (SSSR count). The van der Waals surface area contributed by atoms with Crippen molar-refractivity contribution in [3.63, 3.8) is 0 Å². The fourth-order valence-corrected chi connectivity index (χ4v) is 2.44. The zero-order chi connectivity index (χ0) is 14.4. The number of ether oxygens (including phenoxy) is 1. The van der Waals surface area contributed by atoms with Gasteiger partial charge in [-0.3, -0.25) is 9.69 Å². The van der Waals surface area contributed by atoms with Crippen molar-refractivity contribution >= 4 is 5.91 Å². The molecule has 20 heavy (non-hydrogen) atoms. The number of likely N-dealkylation sites (N-methyl/N-ethyl adjacent to an activating group) is 1. The van der Waals surface area contributed by atoms with Crippen LogP contribution in [0.15, 0.2) is 18.5 Å². The van der Waals surface area contributed by atoms with Crippen molar-refractivity contribution in [2.75, 3.05) is 33.9 Å². The molecule has 2 heterocycles. The molecule has 1 saturated heterocycles. The lowest BCUT2D eigenvalue weighted by Crippen LogP contribution is -2.36. The van der Waals surface area contributed by atoms with E-state index in [1.807, 2.05) is 11.0 Å². The minimum atomic E-state index is 0.179. The maximum atomic E-state index is 11.9. The van der Waals surface area contributed by atoms with Crippen molar-refractivity contribution < 1.29 is 9.53 Å². The van der Waals surface area contributed by atoms with Crippen LogP contribution in [0.25, 0.3) is 0 Å². The van der Waals surface area contributed by atoms with Gasteiger partial charge in [0.25, 0.3) is 0 Å². The predicted octanol–water partition coefficient (Wildman–Crippen LogP) is 0.546. The zero-order valence-corrected chi connectivity index (χ0v) is 12.2. The molecular formula is C14H22N4O2. The molecule has 1 aliphatic rings. The summed E-state index contributed by atoms with van der Waals surface area (Å²) in [7, 11) is 3.68. The normalized spacial score (nSPS) is 18.8. The lowest BCUT2D eigenvalue weighted by atomic mass is 10.2. The summed E-state index contributed by atoms with van der Waals surface area (Å²) in [5, 5.41) is 0. The lowest BCUT2D eigenvalue weighted by Gasteiger charge is -2.23. The Morgan fingerprint density at radius 1 is 1.50 bits per heavy atom. The first-order valence-corrected chi connectivity index (χ1v) is 6.93. The summed E-state index contributed by atoms with van der Waals surface area (Å²) in [5.74, 6) is 0.998. The molecule has 1 aromatic rings. The van der Waals surface area contributed by atoms with Gasteiger partial charge in [-0.05, 0) is 19.5 Å². The van der Waals surface area contributed by atoms with Crippen LogP contribution in [-0.4, -0.2) is 65.6 Å². The number of amides is 1. The summed E-state index contributed by atoms with van der Waals surface area (Å²) in [6.07, 6.45) is 4.98. The molecule has 1 fully saturated rings. The summed E-state index contributed by atoms with van der Waals surface area (Å²) in [6, 6.07) is 2.19. The van der Waals surface area contributed by atoms with Gasteiger partial charge in [0.05, 0.1) is 19.6 Å². The highest BCUT2D eigenvalue weighted by Gasteiger charge is 2.28. The molecule has 0 unspecified atom stereocenters. The highest BCUT2D eigenvalue weighted by molar-refractivity contribution is 5.76. The van der Waals surface area contributed by atoms with Gasteiger partial charge in [-0.15, -0.1) is 0 Å². The number of hydrogen-bond acceptors (Lipinski definition) is 5. The van der Waals surface area contributed by atoms with Gasteiger partial charge in [0.1, 0.15) is 5.82 Å². The molecule has 0 N–H and O–H groups in total. The summed E-state index contributed by atoms with van der Waals surface area (Å²) >= 11 is 0. The molecule has 6 nitrogen and oxygen atoms in total. The minimum Gasteiger partial charge on any atom is -0.384 e. The monoisotopic (exact) mass is 278 g/mol. The van der Waals surface area contributed by atoms with E-state index < -0.39 is 0 Å². The average Bonchev–Trinajstić information content (AvgIpc) is 2.96. The molecule has 1 aliphatic heterocycles. The highest BCUT2D eigenvalue weighted by Crippen LogP contribution is 2.16. The molecule has 0 radical (unpaired) electrons. The van der Waals surface area contributed by atoms with E-state index >= 15 is 0 Å². The number of carbonyl (C=O) groups excluding carboxylic acids is 1. The number of likely N-dealkylation sites (tertiary alicyclic amines) is 1. The van der Waals surface area contributed by atoms with Crippen LogP contribution >= 0.6 is 0 Å². The second-order valence-corrected chi connectivity index (χ2v) is 5.11. The van der Waals surface area contributed by atoms with Crippen LogP contribution in [0.5, 0.6) is 0 Å². The molecule has 0 bridgehead atoms. The quantitative estimate of drug-likeness (QED) is 0.760. The molecule has 110 valence electrons. The van der Waals surface area contributed by atoms with Crippen molar-refractivity contribution in [3.05, 3.63) is 24.3 Å². The van der Waals surface area contributed by atoms with E-state index in [4.69, 9.17) is 4.74 Å². The average molecular weight is 278 g/mol. The number of nitrogens with zero attached hydrogens (tertiary/aromatic N) is 4. The zero-order valence-electron chi connectivity index (χ0n) is 12.2. The van der Waals surface area contributed by atoms with Crippen molar-refractivity contribution in [1.29, 1.82) is 0 Å². The van der Waals surface area contributed by atoms with Crippen molar-refractivity contribution in [2.45, 2.75) is 25.4 Å². The predicted molar refractivity (Wildman–Crippen MR) is 75.0 cm³/mol. The van der Waals surface area contributed by atoms with E-state index in [-0.39, 0.29) is 5.91 Å². The Kier molecular flexibility index (Phi) is 5.43. The van der Waals surface area contributed by atoms with Gasteiger partial charge >= 0.3 is 0 Å². The fourth-order valence-electron chi connectivity index (χ4n) is 2.44. The van der Waals surface area contributed by atoms with E-state index in [9.17, 15) is 4.79 Å². The minimum absolute atomic E-state index is 0.179. The molecule has 0 aromatic carbocycles. The highest BCUT2D eigenvalue weighted by atomic mass is 16.5. The Hall–Kier alpha value is -1.53. The maximum absolute atomic E-state index is 11.9. The Morgan fingerprint density at radius 3 is 2.95 bits per heavy atom. The molecule has 0 spiro atoms. The third-order valence-corrected chi connectivity index (χ3v) is 3.67. The standard InChI is InChI=1S/C14H22N4O2/c1-17(11-13-15-6-3-7-16-13)12-4-8-18(10-12)14(19)5-9-20-2/h3,6-7,12H,4-5,8-11H2,1-2H3/t12-/m0/s1. The van der Waals surface area contributed by atoms with E-state index in [0.717, 1.165) is 25.3 Å². The van der Waals surface area contributed by atoms with Crippen LogP contribution in [0.4, 0.5) is 0 Å². The lowest BCUT2D eigenvalue weighted by molar-refractivity contribution is -0.131. The molecule has 1 aromatic heterocycles. The summed E-state index contributed by atoms with van der Waals surface area (Å²) in [4.78, 5) is 24.5. The van der Waals surface area contributed by atoms with Crippen LogP contribution in [0.1, 0.15) is 18.7 Å². The van der Waals surface area contributed by atoms with Crippen LogP contribution in [0.2, 0.25) is 0 Å². The van der Waals surface area contributed by atoms with Crippen molar-refractivity contribution in [2.24, 2.45) is 0 Å². The topological polar surface area (TPSA) is 58.6 Å². The first-order chi connectivity index (χ1) is 9.70. The third kappa shape index (κ3) is 3.98. The third-order valence-electron chi connectivity index (χ3n) is 3.67. The molecule has 0 saturated carbocycles. The van der Waals surface area contributed by atoms with Crippen LogP contribution in [0, 0.1) is 0 Å². The second-order valence-electron chi connectivity index (χ2n) is 5.11. The molecule has 1 atom stereocenters. The van der Waals surface area contributed by atoms with Gasteiger partial charge in [-0.1, -0.05) is 0 Å². The van der Waals surface area contributed by atoms with Crippen molar-refractivity contribution in [1.82, 2.24) is 19.8 Å². The smallest absolute Gasteiger partial charge is 0.224 e. The number of aromatic nitrogens is 2. The number of hydrogen-bond donors (Lipinski definition) is 0. The Morgan fingerprint density at radius 2 is 2.25 bits per heavy atom. The molecule has 0 aliphatic carbocycles. The number of rotatable bonds is 6. The fraction of sp³-hybridized carbons (Fsp3) is 0.643. The van der Waals surface area contributed by atoms with E-state index in [1.54, 1.807) is 19.5 Å². The van der Waals surface area contributed by atoms with Crippen LogP contribution in [0.3, 0.4) is 0 Å².